The number of thioether (sulfide) groups is 1. The third-order valence-electron chi connectivity index (χ3n) is 2.18. The lowest BCUT2D eigenvalue weighted by Gasteiger charge is -2.06. The molecule has 0 heterocycles. The molecule has 0 aliphatic heterocycles. The summed E-state index contributed by atoms with van der Waals surface area (Å²) < 4.78 is 26.2. The number of hydrogen-bond acceptors (Lipinski definition) is 3. The Kier molecular flexibility index (Phi) is 6.27. The van der Waals surface area contributed by atoms with E-state index < -0.39 is 23.5 Å². The van der Waals surface area contributed by atoms with Crippen LogP contribution in [-0.2, 0) is 16.0 Å². The highest BCUT2D eigenvalue weighted by Crippen LogP contribution is 2.11. The quantitative estimate of drug-likeness (QED) is 0.745. The minimum atomic E-state index is -1.02. The lowest BCUT2D eigenvalue weighted by Crippen LogP contribution is -2.27. The highest BCUT2D eigenvalue weighted by atomic mass is 32.2. The topological polar surface area (TPSA) is 66.4 Å². The number of nitrogens with one attached hydrogen (secondary N) is 1. The van der Waals surface area contributed by atoms with E-state index in [9.17, 15) is 18.4 Å². The summed E-state index contributed by atoms with van der Waals surface area (Å²) in [6, 6.07) is 3.67. The number of carbonyl (C=O) groups excluding carboxylic acids is 1. The first-order valence-corrected chi connectivity index (χ1v) is 6.65. The summed E-state index contributed by atoms with van der Waals surface area (Å²) >= 11 is 1.17. The fraction of sp³-hybridized carbons (Fsp3) is 0.333. The molecule has 1 aromatic rings. The molecule has 0 aliphatic rings. The Balaban J connectivity index is 2.31. The molecule has 0 unspecified atom stereocenters. The van der Waals surface area contributed by atoms with Gasteiger partial charge in [-0.2, -0.15) is 0 Å². The predicted octanol–water partition coefficient (Wildman–Crippen LogP) is 1.44. The van der Waals surface area contributed by atoms with Gasteiger partial charge in [0.1, 0.15) is 0 Å². The Bertz CT molecular complexity index is 468. The first-order chi connectivity index (χ1) is 9.00. The van der Waals surface area contributed by atoms with Gasteiger partial charge in [0.05, 0.1) is 12.2 Å². The van der Waals surface area contributed by atoms with Crippen LogP contribution in [0.3, 0.4) is 0 Å². The van der Waals surface area contributed by atoms with Crippen LogP contribution >= 0.6 is 11.8 Å². The Hall–Kier alpha value is -1.63. The fourth-order valence-electron chi connectivity index (χ4n) is 1.34. The van der Waals surface area contributed by atoms with Crippen LogP contribution in [0.25, 0.3) is 0 Å². The summed E-state index contributed by atoms with van der Waals surface area (Å²) in [4.78, 5) is 21.7. The van der Waals surface area contributed by atoms with Gasteiger partial charge in [0.25, 0.3) is 0 Å². The van der Waals surface area contributed by atoms with Crippen LogP contribution in [0.4, 0.5) is 8.78 Å². The number of carbonyl (C=O) groups is 2. The third kappa shape index (κ3) is 5.69. The van der Waals surface area contributed by atoms with Crippen LogP contribution in [-0.4, -0.2) is 35.0 Å². The minimum absolute atomic E-state index is 0.00399. The smallest absolute Gasteiger partial charge is 0.313 e. The molecule has 1 rings (SSSR count). The predicted molar refractivity (Wildman–Crippen MR) is 68.0 cm³/mol. The van der Waals surface area contributed by atoms with Gasteiger partial charge in [0.2, 0.25) is 5.91 Å². The fourth-order valence-corrected chi connectivity index (χ4v) is 1.91. The second kappa shape index (κ2) is 7.73. The second-order valence-corrected chi connectivity index (χ2v) is 4.79. The van der Waals surface area contributed by atoms with Crippen LogP contribution in [0.1, 0.15) is 5.56 Å². The molecular weight excluding hydrogens is 276 g/mol. The highest BCUT2D eigenvalue weighted by molar-refractivity contribution is 7.99. The summed E-state index contributed by atoms with van der Waals surface area (Å²) in [6.45, 7) is 0.285. The zero-order valence-corrected chi connectivity index (χ0v) is 10.8. The molecule has 7 heteroatoms. The van der Waals surface area contributed by atoms with Gasteiger partial charge in [0.15, 0.2) is 11.6 Å². The molecule has 0 aromatic heterocycles. The normalized spacial score (nSPS) is 10.2. The van der Waals surface area contributed by atoms with Crippen molar-refractivity contribution >= 4 is 23.6 Å². The van der Waals surface area contributed by atoms with Gasteiger partial charge >= 0.3 is 5.97 Å². The van der Waals surface area contributed by atoms with E-state index in [-0.39, 0.29) is 24.3 Å². The van der Waals surface area contributed by atoms with Crippen LogP contribution in [0.5, 0.6) is 0 Å². The Morgan fingerprint density at radius 1 is 1.32 bits per heavy atom. The van der Waals surface area contributed by atoms with Gasteiger partial charge in [-0.1, -0.05) is 12.1 Å². The number of hydrogen-bond donors (Lipinski definition) is 2. The van der Waals surface area contributed by atoms with Gasteiger partial charge in [-0.05, 0) is 6.07 Å². The highest BCUT2D eigenvalue weighted by Gasteiger charge is 2.11. The molecule has 104 valence electrons. The van der Waals surface area contributed by atoms with E-state index in [4.69, 9.17) is 5.11 Å². The number of rotatable bonds is 7. The van der Waals surface area contributed by atoms with E-state index in [1.165, 1.54) is 23.9 Å². The number of carboxylic acid groups (broad SMARTS) is 1. The average Bonchev–Trinajstić information content (AvgIpc) is 2.34. The summed E-state index contributed by atoms with van der Waals surface area (Å²) in [5.74, 6) is -2.93. The van der Waals surface area contributed by atoms with E-state index in [0.717, 1.165) is 6.07 Å². The first-order valence-electron chi connectivity index (χ1n) is 5.50. The van der Waals surface area contributed by atoms with Crippen molar-refractivity contribution in [2.75, 3.05) is 18.1 Å². The Labute approximate surface area is 113 Å². The average molecular weight is 289 g/mol. The van der Waals surface area contributed by atoms with Gasteiger partial charge in [-0.15, -0.1) is 11.8 Å². The standard InChI is InChI=1S/C12H13F2NO3S/c13-9-3-1-2-8(12(9)14)6-10(16)15-4-5-19-7-11(17)18/h1-3H,4-7H2,(H,15,16)(H,17,18). The molecule has 2 N–H and O–H groups in total. The molecule has 0 saturated carbocycles. The maximum absolute atomic E-state index is 13.3. The lowest BCUT2D eigenvalue weighted by molar-refractivity contribution is -0.133. The summed E-state index contributed by atoms with van der Waals surface area (Å²) in [6.07, 6.45) is -0.243. The van der Waals surface area contributed by atoms with Crippen LogP contribution in [0.2, 0.25) is 0 Å². The van der Waals surface area contributed by atoms with Gasteiger partial charge in [-0.3, -0.25) is 9.59 Å². The second-order valence-electron chi connectivity index (χ2n) is 3.69. The molecule has 0 aliphatic carbocycles. The Morgan fingerprint density at radius 3 is 2.74 bits per heavy atom. The molecule has 0 saturated heterocycles. The van der Waals surface area contributed by atoms with E-state index in [0.29, 0.717) is 5.75 Å². The summed E-state index contributed by atoms with van der Waals surface area (Å²) in [5, 5.41) is 10.9. The maximum atomic E-state index is 13.3. The molecule has 0 spiro atoms. The van der Waals surface area contributed by atoms with E-state index >= 15 is 0 Å². The molecule has 1 amide bonds. The number of benzene rings is 1. The molecule has 0 fully saturated rings. The van der Waals surface area contributed by atoms with Crippen molar-refractivity contribution in [2.45, 2.75) is 6.42 Å². The molecule has 4 nitrogen and oxygen atoms in total. The van der Waals surface area contributed by atoms with Crippen LogP contribution in [0.15, 0.2) is 18.2 Å². The van der Waals surface area contributed by atoms with Crippen molar-refractivity contribution in [3.05, 3.63) is 35.4 Å². The monoisotopic (exact) mass is 289 g/mol. The zero-order chi connectivity index (χ0) is 14.3. The Morgan fingerprint density at radius 2 is 2.05 bits per heavy atom. The van der Waals surface area contributed by atoms with Crippen molar-refractivity contribution in [3.8, 4) is 0 Å². The van der Waals surface area contributed by atoms with Crippen molar-refractivity contribution in [3.63, 3.8) is 0 Å². The minimum Gasteiger partial charge on any atom is -0.481 e. The van der Waals surface area contributed by atoms with Gasteiger partial charge in [0, 0.05) is 17.9 Å². The van der Waals surface area contributed by atoms with Crippen molar-refractivity contribution in [1.82, 2.24) is 5.32 Å². The molecule has 0 bridgehead atoms. The van der Waals surface area contributed by atoms with Gasteiger partial charge < -0.3 is 10.4 Å². The molecule has 0 atom stereocenters. The number of carboxylic acids is 1. The molecular formula is C12H13F2NO3S. The van der Waals surface area contributed by atoms with Gasteiger partial charge in [-0.25, -0.2) is 8.78 Å². The largest absolute Gasteiger partial charge is 0.481 e. The van der Waals surface area contributed by atoms with Crippen molar-refractivity contribution in [1.29, 1.82) is 0 Å². The lowest BCUT2D eigenvalue weighted by atomic mass is 10.1. The number of aliphatic carboxylic acids is 1. The van der Waals surface area contributed by atoms with Crippen molar-refractivity contribution in [2.24, 2.45) is 0 Å². The van der Waals surface area contributed by atoms with Crippen LogP contribution in [0, 0.1) is 11.6 Å². The SMILES string of the molecule is O=C(O)CSCCNC(=O)Cc1cccc(F)c1F. The van der Waals surface area contributed by atoms with E-state index in [2.05, 4.69) is 5.32 Å². The number of halogens is 2. The van der Waals surface area contributed by atoms with E-state index in [1.54, 1.807) is 0 Å². The summed E-state index contributed by atoms with van der Waals surface area (Å²) in [5.41, 5.74) is -0.00399. The maximum Gasteiger partial charge on any atom is 0.313 e. The first kappa shape index (κ1) is 15.4. The zero-order valence-electron chi connectivity index (χ0n) is 9.99. The molecule has 0 radical (unpaired) electrons. The third-order valence-corrected chi connectivity index (χ3v) is 3.12. The summed E-state index contributed by atoms with van der Waals surface area (Å²) in [7, 11) is 0. The number of amides is 1. The van der Waals surface area contributed by atoms with Crippen LogP contribution < -0.4 is 5.32 Å². The van der Waals surface area contributed by atoms with Crippen molar-refractivity contribution < 1.29 is 23.5 Å². The molecule has 1 aromatic carbocycles. The van der Waals surface area contributed by atoms with E-state index in [1.807, 2.05) is 0 Å². The molecule has 19 heavy (non-hydrogen) atoms.